The third-order valence-electron chi connectivity index (χ3n) is 9.51. The summed E-state index contributed by atoms with van der Waals surface area (Å²) in [4.78, 5) is 20.2. The van der Waals surface area contributed by atoms with Crippen LogP contribution in [-0.2, 0) is 32.6 Å². The first-order valence-corrected chi connectivity index (χ1v) is 17.2. The zero-order valence-corrected chi connectivity index (χ0v) is 27.7. The number of aliphatic hydroxyl groups excluding tert-OH is 1. The quantitative estimate of drug-likeness (QED) is 0.215. The van der Waals surface area contributed by atoms with Gasteiger partial charge in [0.2, 0.25) is 5.91 Å². The highest BCUT2D eigenvalue weighted by Gasteiger charge is 2.44. The number of halogens is 1. The summed E-state index contributed by atoms with van der Waals surface area (Å²) in [6.07, 6.45) is 5.83. The maximum atomic E-state index is 13.9. The lowest BCUT2D eigenvalue weighted by Crippen LogP contribution is -2.54. The molecule has 1 amide bonds. The molecule has 2 aromatic carbocycles. The molecule has 2 heterocycles. The van der Waals surface area contributed by atoms with Gasteiger partial charge in [-0.05, 0) is 54.9 Å². The number of amides is 1. The molecule has 0 radical (unpaired) electrons. The van der Waals surface area contributed by atoms with Crippen molar-refractivity contribution in [1.29, 1.82) is 0 Å². The number of aromatic nitrogens is 1. The number of benzene rings is 2. The molecule has 2 aliphatic rings. The minimum Gasteiger partial charge on any atom is -0.391 e. The van der Waals surface area contributed by atoms with E-state index in [1.54, 1.807) is 24.6 Å². The molecule has 1 saturated heterocycles. The van der Waals surface area contributed by atoms with Crippen LogP contribution < -0.4 is 5.32 Å². The minimum atomic E-state index is -0.556. The van der Waals surface area contributed by atoms with Crippen molar-refractivity contribution in [2.24, 2.45) is 5.92 Å². The number of carbonyl (C=O) groups excluding carboxylic acids is 1. The summed E-state index contributed by atoms with van der Waals surface area (Å²) in [7, 11) is 1.74. The Balaban J connectivity index is 1.38. The highest BCUT2D eigenvalue weighted by Crippen LogP contribution is 2.44. The van der Waals surface area contributed by atoms with Crippen LogP contribution in [0.15, 0.2) is 54.0 Å². The van der Waals surface area contributed by atoms with Gasteiger partial charge in [0.1, 0.15) is 5.01 Å². The van der Waals surface area contributed by atoms with Gasteiger partial charge in [0.05, 0.1) is 18.8 Å². The Morgan fingerprint density at radius 1 is 1.25 bits per heavy atom. The molecule has 7 nitrogen and oxygen atoms in total. The first-order chi connectivity index (χ1) is 21.3. The molecule has 5 atom stereocenters. The first-order valence-electron chi connectivity index (χ1n) is 15.9. The van der Waals surface area contributed by atoms with E-state index in [9.17, 15) is 9.90 Å². The predicted octanol–water partition coefficient (Wildman–Crippen LogP) is 6.26. The molecule has 1 saturated carbocycles. The molecule has 0 spiro atoms. The molecule has 2 fully saturated rings. The standard InChI is InChI=1S/C35H46ClN3O4S/c1-4-24-9-7-10-25(19-24)33-27(11-8-12-28(33)36)35(2,13-5-6-16-42-3)31-23-39(15-17-43-31)34(41)26-20-29(30(40)21-26)38-22-32-37-14-18-44-32/h7-12,14,18-19,26,29-31,38,40H,4-6,13,15-17,20-23H2,1-3H3/t26-,29+,30-,31+,35-/m0/s1. The topological polar surface area (TPSA) is 83.9 Å². The van der Waals surface area contributed by atoms with Crippen molar-refractivity contribution in [2.45, 2.75) is 82.6 Å². The van der Waals surface area contributed by atoms with Crippen LogP contribution >= 0.6 is 22.9 Å². The second-order valence-electron chi connectivity index (χ2n) is 12.4. The third kappa shape index (κ3) is 7.54. The zero-order valence-electron chi connectivity index (χ0n) is 26.1. The van der Waals surface area contributed by atoms with Crippen LogP contribution in [0.4, 0.5) is 0 Å². The van der Waals surface area contributed by atoms with Gasteiger partial charge in [0, 0.05) is 72.9 Å². The van der Waals surface area contributed by atoms with E-state index in [2.05, 4.69) is 54.5 Å². The summed E-state index contributed by atoms with van der Waals surface area (Å²) in [5.74, 6) is -0.108. The van der Waals surface area contributed by atoms with Crippen LogP contribution in [0, 0.1) is 5.92 Å². The number of aryl methyl sites for hydroxylation is 1. The molecule has 1 aliphatic carbocycles. The average Bonchev–Trinajstić information content (AvgIpc) is 3.71. The highest BCUT2D eigenvalue weighted by atomic mass is 35.5. The number of thiazole rings is 1. The van der Waals surface area contributed by atoms with E-state index in [-0.39, 0.29) is 24.0 Å². The van der Waals surface area contributed by atoms with E-state index < -0.39 is 11.5 Å². The van der Waals surface area contributed by atoms with E-state index >= 15 is 0 Å². The molecule has 1 aromatic heterocycles. The molecule has 0 bridgehead atoms. The third-order valence-corrected chi connectivity index (χ3v) is 10.6. The van der Waals surface area contributed by atoms with Crippen molar-refractivity contribution in [1.82, 2.24) is 15.2 Å². The number of nitrogens with zero attached hydrogens (tertiary/aromatic N) is 2. The van der Waals surface area contributed by atoms with Gasteiger partial charge in [0.15, 0.2) is 0 Å². The molecule has 3 aromatic rings. The predicted molar refractivity (Wildman–Crippen MR) is 177 cm³/mol. The molecule has 5 rings (SSSR count). The van der Waals surface area contributed by atoms with Crippen LogP contribution in [0.25, 0.3) is 11.1 Å². The summed E-state index contributed by atoms with van der Waals surface area (Å²) in [6, 6.07) is 14.7. The van der Waals surface area contributed by atoms with Gasteiger partial charge >= 0.3 is 0 Å². The SMILES string of the molecule is CCc1cccc(-c2c(Cl)cccc2[C@](C)(CCCCOC)[C@H]2CN(C(=O)[C@@H]3C[C@H](O)[C@H](NCc4nccs4)C3)CCO2)c1. The van der Waals surface area contributed by atoms with Crippen molar-refractivity contribution in [3.8, 4) is 11.1 Å². The lowest BCUT2D eigenvalue weighted by atomic mass is 9.70. The van der Waals surface area contributed by atoms with E-state index in [0.29, 0.717) is 45.7 Å². The highest BCUT2D eigenvalue weighted by molar-refractivity contribution is 7.09. The number of hydrogen-bond acceptors (Lipinski definition) is 7. The number of unbranched alkanes of at least 4 members (excludes halogenated alkanes) is 1. The molecule has 1 aliphatic heterocycles. The van der Waals surface area contributed by atoms with Crippen LogP contribution in [-0.4, -0.2) is 72.6 Å². The number of carbonyl (C=O) groups is 1. The maximum absolute atomic E-state index is 13.9. The maximum Gasteiger partial charge on any atom is 0.226 e. The van der Waals surface area contributed by atoms with Gasteiger partial charge < -0.3 is 24.8 Å². The number of aliphatic hydroxyl groups is 1. The van der Waals surface area contributed by atoms with Crippen LogP contribution in [0.3, 0.4) is 0 Å². The largest absolute Gasteiger partial charge is 0.391 e. The number of hydrogen-bond donors (Lipinski definition) is 2. The van der Waals surface area contributed by atoms with E-state index in [1.807, 2.05) is 22.4 Å². The number of rotatable bonds is 13. The second-order valence-corrected chi connectivity index (χ2v) is 13.8. The Morgan fingerprint density at radius 2 is 2.09 bits per heavy atom. The van der Waals surface area contributed by atoms with Crippen molar-refractivity contribution < 1.29 is 19.4 Å². The normalized spacial score (nSPS) is 23.5. The molecule has 238 valence electrons. The minimum absolute atomic E-state index is 0.111. The molecule has 2 N–H and O–H groups in total. The van der Waals surface area contributed by atoms with Crippen molar-refractivity contribution in [2.75, 3.05) is 33.4 Å². The van der Waals surface area contributed by atoms with E-state index in [0.717, 1.165) is 52.4 Å². The number of morpholine rings is 1. The Hall–Kier alpha value is -2.33. The molecule has 44 heavy (non-hydrogen) atoms. The fourth-order valence-corrected chi connectivity index (χ4v) is 7.79. The number of nitrogens with one attached hydrogen (secondary N) is 1. The summed E-state index contributed by atoms with van der Waals surface area (Å²) in [5.41, 5.74) is 4.16. The van der Waals surface area contributed by atoms with Crippen molar-refractivity contribution in [3.05, 3.63) is 75.2 Å². The van der Waals surface area contributed by atoms with Gasteiger partial charge in [-0.3, -0.25) is 4.79 Å². The Kier molecular flexibility index (Phi) is 11.5. The fourth-order valence-electron chi connectivity index (χ4n) is 6.94. The van der Waals surface area contributed by atoms with Crippen molar-refractivity contribution >= 4 is 28.8 Å². The summed E-state index contributed by atoms with van der Waals surface area (Å²) in [5, 5.41) is 17.9. The zero-order chi connectivity index (χ0) is 31.1. The van der Waals surface area contributed by atoms with E-state index in [4.69, 9.17) is 21.1 Å². The smallest absolute Gasteiger partial charge is 0.226 e. The van der Waals surface area contributed by atoms with Crippen LogP contribution in [0.2, 0.25) is 5.02 Å². The Bertz CT molecular complexity index is 1370. The summed E-state index contributed by atoms with van der Waals surface area (Å²) in [6.45, 7) is 7.28. The van der Waals surface area contributed by atoms with Gasteiger partial charge in [-0.25, -0.2) is 4.98 Å². The monoisotopic (exact) mass is 639 g/mol. The number of ether oxygens (including phenoxy) is 2. The van der Waals surface area contributed by atoms with Gasteiger partial charge in [-0.2, -0.15) is 0 Å². The Morgan fingerprint density at radius 3 is 2.86 bits per heavy atom. The summed E-state index contributed by atoms with van der Waals surface area (Å²) >= 11 is 8.57. The van der Waals surface area contributed by atoms with Gasteiger partial charge in [-0.1, -0.05) is 68.3 Å². The molecular weight excluding hydrogens is 594 g/mol. The van der Waals surface area contributed by atoms with Crippen LogP contribution in [0.1, 0.15) is 62.1 Å². The van der Waals surface area contributed by atoms with Crippen molar-refractivity contribution in [3.63, 3.8) is 0 Å². The lowest BCUT2D eigenvalue weighted by molar-refractivity contribution is -0.146. The van der Waals surface area contributed by atoms with E-state index in [1.165, 1.54) is 5.56 Å². The number of methoxy groups -OCH3 is 1. The fraction of sp³-hybridized carbons (Fsp3) is 0.543. The Labute approximate surface area is 270 Å². The summed E-state index contributed by atoms with van der Waals surface area (Å²) < 4.78 is 11.9. The van der Waals surface area contributed by atoms with Crippen LogP contribution in [0.5, 0.6) is 0 Å². The van der Waals surface area contributed by atoms with Gasteiger partial charge in [-0.15, -0.1) is 11.3 Å². The van der Waals surface area contributed by atoms with Gasteiger partial charge in [0.25, 0.3) is 0 Å². The molecular formula is C35H46ClN3O4S. The lowest BCUT2D eigenvalue weighted by Gasteiger charge is -2.45. The first kappa shape index (κ1) is 33.0. The molecule has 0 unspecified atom stereocenters. The molecule has 9 heteroatoms. The average molecular weight is 640 g/mol. The second kappa shape index (κ2) is 15.3.